The molecule has 0 heterocycles. The zero-order valence-electron chi connectivity index (χ0n) is 11.2. The SMILES string of the molecule is CCOC(OCC)C(O)c1ccccc1OC(F)(F)F. The molecule has 7 heteroatoms. The maximum atomic E-state index is 12.3. The second kappa shape index (κ2) is 7.47. The molecule has 0 spiro atoms. The first-order valence-corrected chi connectivity index (χ1v) is 6.15. The van der Waals surface area contributed by atoms with Gasteiger partial charge in [-0.3, -0.25) is 0 Å². The van der Waals surface area contributed by atoms with E-state index in [1.165, 1.54) is 18.2 Å². The molecular formula is C13H17F3O4. The Balaban J connectivity index is 2.98. The first-order valence-electron chi connectivity index (χ1n) is 6.15. The van der Waals surface area contributed by atoms with Gasteiger partial charge >= 0.3 is 6.36 Å². The summed E-state index contributed by atoms with van der Waals surface area (Å²) in [6.45, 7) is 3.89. The Hall–Kier alpha value is -1.31. The summed E-state index contributed by atoms with van der Waals surface area (Å²) < 4.78 is 51.2. The van der Waals surface area contributed by atoms with Crippen molar-refractivity contribution >= 4 is 0 Å². The molecule has 0 aliphatic rings. The molecule has 1 aromatic rings. The van der Waals surface area contributed by atoms with E-state index >= 15 is 0 Å². The van der Waals surface area contributed by atoms with Gasteiger partial charge in [-0.1, -0.05) is 18.2 Å². The lowest BCUT2D eigenvalue weighted by atomic mass is 10.1. The lowest BCUT2D eigenvalue weighted by molar-refractivity contribution is -0.275. The molecule has 1 N–H and O–H groups in total. The predicted molar refractivity (Wildman–Crippen MR) is 65.1 cm³/mol. The Morgan fingerprint density at radius 1 is 1.10 bits per heavy atom. The van der Waals surface area contributed by atoms with Crippen LogP contribution in [0.1, 0.15) is 25.5 Å². The van der Waals surface area contributed by atoms with Crippen molar-refractivity contribution in [2.24, 2.45) is 0 Å². The Bertz CT molecular complexity index is 403. The number of halogens is 3. The van der Waals surface area contributed by atoms with Crippen LogP contribution in [-0.2, 0) is 9.47 Å². The number of para-hydroxylation sites is 1. The summed E-state index contributed by atoms with van der Waals surface area (Å²) in [6, 6.07) is 5.34. The summed E-state index contributed by atoms with van der Waals surface area (Å²) in [7, 11) is 0. The number of hydrogen-bond donors (Lipinski definition) is 1. The van der Waals surface area contributed by atoms with Crippen LogP contribution in [0.5, 0.6) is 5.75 Å². The Morgan fingerprint density at radius 2 is 1.65 bits per heavy atom. The van der Waals surface area contributed by atoms with Crippen LogP contribution in [0.4, 0.5) is 13.2 Å². The van der Waals surface area contributed by atoms with Gasteiger partial charge in [-0.05, 0) is 19.9 Å². The zero-order valence-corrected chi connectivity index (χ0v) is 11.2. The van der Waals surface area contributed by atoms with Crippen LogP contribution in [0.15, 0.2) is 24.3 Å². The minimum Gasteiger partial charge on any atom is -0.405 e. The van der Waals surface area contributed by atoms with Crippen LogP contribution in [0.3, 0.4) is 0 Å². The summed E-state index contributed by atoms with van der Waals surface area (Å²) in [6.07, 6.45) is -7.26. The molecule has 1 rings (SSSR count). The van der Waals surface area contributed by atoms with Gasteiger partial charge in [0.25, 0.3) is 0 Å². The van der Waals surface area contributed by atoms with E-state index in [2.05, 4.69) is 4.74 Å². The highest BCUT2D eigenvalue weighted by molar-refractivity contribution is 5.35. The Kier molecular flexibility index (Phi) is 6.25. The molecule has 0 fully saturated rings. The van der Waals surface area contributed by atoms with E-state index in [4.69, 9.17) is 9.47 Å². The average molecular weight is 294 g/mol. The fraction of sp³-hybridized carbons (Fsp3) is 0.538. The molecule has 0 aromatic heterocycles. The standard InChI is InChI=1S/C13H17F3O4/c1-3-18-12(19-4-2)11(17)9-7-5-6-8-10(9)20-13(14,15)16/h5-8,11-12,17H,3-4H2,1-2H3. The lowest BCUT2D eigenvalue weighted by Gasteiger charge is -2.24. The third-order valence-corrected chi connectivity index (χ3v) is 2.38. The van der Waals surface area contributed by atoms with Crippen molar-refractivity contribution in [1.82, 2.24) is 0 Å². The average Bonchev–Trinajstić information content (AvgIpc) is 2.36. The van der Waals surface area contributed by atoms with Crippen molar-refractivity contribution in [3.63, 3.8) is 0 Å². The van der Waals surface area contributed by atoms with Gasteiger partial charge < -0.3 is 19.3 Å². The maximum absolute atomic E-state index is 12.3. The van der Waals surface area contributed by atoms with Crippen molar-refractivity contribution in [3.8, 4) is 5.75 Å². The topological polar surface area (TPSA) is 47.9 Å². The lowest BCUT2D eigenvalue weighted by Crippen LogP contribution is -2.27. The molecule has 0 aliphatic heterocycles. The predicted octanol–water partition coefficient (Wildman–Crippen LogP) is 3.02. The number of hydrogen-bond acceptors (Lipinski definition) is 4. The molecule has 4 nitrogen and oxygen atoms in total. The monoisotopic (exact) mass is 294 g/mol. The van der Waals surface area contributed by atoms with Crippen molar-refractivity contribution < 1.29 is 32.5 Å². The molecule has 0 amide bonds. The van der Waals surface area contributed by atoms with Crippen molar-refractivity contribution in [1.29, 1.82) is 0 Å². The molecule has 20 heavy (non-hydrogen) atoms. The van der Waals surface area contributed by atoms with Crippen molar-refractivity contribution in [2.45, 2.75) is 32.6 Å². The van der Waals surface area contributed by atoms with Gasteiger partial charge in [0.2, 0.25) is 0 Å². The second-order valence-corrected chi connectivity index (χ2v) is 3.81. The number of benzene rings is 1. The van der Waals surface area contributed by atoms with E-state index in [9.17, 15) is 18.3 Å². The summed E-state index contributed by atoms with van der Waals surface area (Å²) >= 11 is 0. The van der Waals surface area contributed by atoms with E-state index in [0.717, 1.165) is 6.07 Å². The minimum absolute atomic E-state index is 0.0447. The van der Waals surface area contributed by atoms with Crippen molar-refractivity contribution in [3.05, 3.63) is 29.8 Å². The summed E-state index contributed by atoms with van der Waals surface area (Å²) in [4.78, 5) is 0. The fourth-order valence-corrected chi connectivity index (χ4v) is 1.65. The second-order valence-electron chi connectivity index (χ2n) is 3.81. The number of aliphatic hydroxyl groups is 1. The normalized spacial score (nSPS) is 13.6. The number of ether oxygens (including phenoxy) is 3. The summed E-state index contributed by atoms with van der Waals surface area (Å²) in [5.41, 5.74) is -0.0447. The van der Waals surface area contributed by atoms with Gasteiger partial charge in [0.05, 0.1) is 0 Å². The third-order valence-electron chi connectivity index (χ3n) is 2.38. The molecule has 1 unspecified atom stereocenters. The molecule has 0 aliphatic carbocycles. The third kappa shape index (κ3) is 4.99. The molecule has 0 radical (unpaired) electrons. The van der Waals surface area contributed by atoms with Crippen LogP contribution >= 0.6 is 0 Å². The number of rotatable bonds is 7. The van der Waals surface area contributed by atoms with E-state index in [1.54, 1.807) is 13.8 Å². The minimum atomic E-state index is -4.83. The van der Waals surface area contributed by atoms with Gasteiger partial charge in [-0.2, -0.15) is 0 Å². The Labute approximate surface area is 115 Å². The van der Waals surface area contributed by atoms with E-state index < -0.39 is 24.5 Å². The highest BCUT2D eigenvalue weighted by Crippen LogP contribution is 2.32. The van der Waals surface area contributed by atoms with Gasteiger partial charge in [0, 0.05) is 18.8 Å². The molecule has 0 bridgehead atoms. The molecule has 114 valence electrons. The van der Waals surface area contributed by atoms with Crippen molar-refractivity contribution in [2.75, 3.05) is 13.2 Å². The highest BCUT2D eigenvalue weighted by atomic mass is 19.4. The van der Waals surface area contributed by atoms with Gasteiger partial charge in [-0.25, -0.2) is 0 Å². The van der Waals surface area contributed by atoms with Gasteiger partial charge in [-0.15, -0.1) is 13.2 Å². The quantitative estimate of drug-likeness (QED) is 0.785. The highest BCUT2D eigenvalue weighted by Gasteiger charge is 2.34. The van der Waals surface area contributed by atoms with E-state index in [1.807, 2.05) is 0 Å². The maximum Gasteiger partial charge on any atom is 0.573 e. The van der Waals surface area contributed by atoms with Gasteiger partial charge in [0.15, 0.2) is 6.29 Å². The zero-order chi connectivity index (χ0) is 15.2. The number of aliphatic hydroxyl groups excluding tert-OH is 1. The molecular weight excluding hydrogens is 277 g/mol. The first kappa shape index (κ1) is 16.7. The van der Waals surface area contributed by atoms with Crippen LogP contribution in [0, 0.1) is 0 Å². The number of alkyl halides is 3. The molecule has 1 aromatic carbocycles. The Morgan fingerprint density at radius 3 is 2.15 bits per heavy atom. The van der Waals surface area contributed by atoms with E-state index in [-0.39, 0.29) is 18.8 Å². The summed E-state index contributed by atoms with van der Waals surface area (Å²) in [5.74, 6) is -0.475. The van der Waals surface area contributed by atoms with E-state index in [0.29, 0.717) is 0 Å². The van der Waals surface area contributed by atoms with Crippen LogP contribution in [0.2, 0.25) is 0 Å². The van der Waals surface area contributed by atoms with Crippen LogP contribution in [-0.4, -0.2) is 31.0 Å². The summed E-state index contributed by atoms with van der Waals surface area (Å²) in [5, 5.41) is 10.1. The smallest absolute Gasteiger partial charge is 0.405 e. The molecule has 0 saturated heterocycles. The molecule has 0 saturated carbocycles. The van der Waals surface area contributed by atoms with Crippen LogP contribution < -0.4 is 4.74 Å². The largest absolute Gasteiger partial charge is 0.573 e. The first-order chi connectivity index (χ1) is 9.39. The molecule has 1 atom stereocenters. The van der Waals surface area contributed by atoms with Crippen LogP contribution in [0.25, 0.3) is 0 Å². The fourth-order valence-electron chi connectivity index (χ4n) is 1.65. The van der Waals surface area contributed by atoms with Gasteiger partial charge in [0.1, 0.15) is 11.9 Å².